The van der Waals surface area contributed by atoms with E-state index < -0.39 is 0 Å². The predicted molar refractivity (Wildman–Crippen MR) is 181 cm³/mol. The molecule has 5 aromatic heterocycles. The fourth-order valence-corrected chi connectivity index (χ4v) is 8.96. The van der Waals surface area contributed by atoms with Gasteiger partial charge in [-0.1, -0.05) is 52.4 Å². The van der Waals surface area contributed by atoms with Crippen molar-refractivity contribution in [2.45, 2.75) is 78.1 Å². The molecule has 0 bridgehead atoms. The Morgan fingerprint density at radius 2 is 1.00 bits per heavy atom. The minimum absolute atomic E-state index is 0.964. The summed E-state index contributed by atoms with van der Waals surface area (Å²) in [6.07, 6.45) is 12.7. The summed E-state index contributed by atoms with van der Waals surface area (Å²) in [4.78, 5) is 5.37. The first-order valence-electron chi connectivity index (χ1n) is 15.2. The Morgan fingerprint density at radius 1 is 0.512 bits per heavy atom. The summed E-state index contributed by atoms with van der Waals surface area (Å²) in [7, 11) is 0. The lowest BCUT2D eigenvalue weighted by Crippen LogP contribution is -1.80. The molecule has 0 saturated carbocycles. The van der Waals surface area contributed by atoms with E-state index in [1.165, 1.54) is 115 Å². The summed E-state index contributed by atoms with van der Waals surface area (Å²) >= 11 is 5.57. The van der Waals surface area contributed by atoms with Crippen LogP contribution in [0.4, 0.5) is 0 Å². The van der Waals surface area contributed by atoms with Crippen LogP contribution in [0, 0.1) is 0 Å². The standard InChI is InChI=1S/C36H36O2S3/c1-3-5-7-9-11-25-13-15-33(39-25)31-19-23-17-27-28-18-24-20-32(34-16-14-26(40-34)12-10-8-6-4-2)38-30(24)22-36(28)41-35(27)21-29(23)37-31/h13-22H,3-12H2,1-2H3. The quantitative estimate of drug-likeness (QED) is 0.131. The zero-order valence-corrected chi connectivity index (χ0v) is 26.3. The van der Waals surface area contributed by atoms with Gasteiger partial charge in [0.05, 0.1) is 9.75 Å². The van der Waals surface area contributed by atoms with Gasteiger partial charge in [-0.2, -0.15) is 0 Å². The fraction of sp³-hybridized carbons (Fsp3) is 0.333. The average molecular weight is 597 g/mol. The Morgan fingerprint density at radius 3 is 1.46 bits per heavy atom. The summed E-state index contributed by atoms with van der Waals surface area (Å²) in [5.74, 6) is 1.96. The van der Waals surface area contributed by atoms with E-state index in [0.29, 0.717) is 0 Å². The second-order valence-corrected chi connectivity index (χ2v) is 14.7. The average Bonchev–Trinajstić information content (AvgIpc) is 3.80. The Hall–Kier alpha value is -2.86. The van der Waals surface area contributed by atoms with Crippen LogP contribution in [0.5, 0.6) is 0 Å². The number of unbranched alkanes of at least 4 members (excludes halogenated alkanes) is 6. The lowest BCUT2D eigenvalue weighted by molar-refractivity contribution is 0.633. The van der Waals surface area contributed by atoms with Crippen molar-refractivity contribution in [2.24, 2.45) is 0 Å². The summed E-state index contributed by atoms with van der Waals surface area (Å²) in [5.41, 5.74) is 1.93. The minimum Gasteiger partial charge on any atom is -0.455 e. The third-order valence-corrected chi connectivity index (χ3v) is 11.5. The van der Waals surface area contributed by atoms with E-state index in [2.05, 4.69) is 74.5 Å². The third-order valence-electron chi connectivity index (χ3n) is 8.11. The predicted octanol–water partition coefficient (Wildman–Crippen LogP) is 13.2. The van der Waals surface area contributed by atoms with Crippen LogP contribution in [-0.4, -0.2) is 0 Å². The van der Waals surface area contributed by atoms with E-state index in [-0.39, 0.29) is 0 Å². The van der Waals surface area contributed by atoms with Crippen molar-refractivity contribution in [1.29, 1.82) is 0 Å². The monoisotopic (exact) mass is 596 g/mol. The van der Waals surface area contributed by atoms with Crippen LogP contribution >= 0.6 is 34.0 Å². The Kier molecular flexibility index (Phi) is 7.77. The number of fused-ring (bicyclic) bond motifs is 5. The van der Waals surface area contributed by atoms with Crippen LogP contribution in [0.25, 0.3) is 63.4 Å². The highest BCUT2D eigenvalue weighted by Gasteiger charge is 2.16. The molecular weight excluding hydrogens is 561 g/mol. The van der Waals surface area contributed by atoms with E-state index in [1.54, 1.807) is 0 Å². The molecule has 0 N–H and O–H groups in total. The van der Waals surface area contributed by atoms with E-state index in [1.807, 2.05) is 34.0 Å². The molecule has 0 amide bonds. The van der Waals surface area contributed by atoms with Gasteiger partial charge < -0.3 is 8.83 Å². The number of thiophene rings is 3. The molecule has 7 rings (SSSR count). The van der Waals surface area contributed by atoms with Crippen LogP contribution in [0.15, 0.2) is 69.5 Å². The first-order chi connectivity index (χ1) is 20.2. The van der Waals surface area contributed by atoms with Crippen molar-refractivity contribution in [2.75, 3.05) is 0 Å². The van der Waals surface area contributed by atoms with Crippen LogP contribution in [0.1, 0.15) is 75.0 Å². The summed E-state index contributed by atoms with van der Waals surface area (Å²) in [5, 5.41) is 4.93. The number of rotatable bonds is 12. The molecule has 0 aliphatic carbocycles. The summed E-state index contributed by atoms with van der Waals surface area (Å²) in [6.45, 7) is 4.53. The van der Waals surface area contributed by atoms with Crippen molar-refractivity contribution >= 4 is 76.1 Å². The van der Waals surface area contributed by atoms with Gasteiger partial charge >= 0.3 is 0 Å². The largest absolute Gasteiger partial charge is 0.455 e. The van der Waals surface area contributed by atoms with E-state index in [0.717, 1.165) is 22.7 Å². The minimum atomic E-state index is 0.964. The zero-order chi connectivity index (χ0) is 27.8. The number of aryl methyl sites for hydroxylation is 2. The number of hydrogen-bond donors (Lipinski definition) is 0. The molecule has 2 aromatic carbocycles. The van der Waals surface area contributed by atoms with Gasteiger partial charge in [0.2, 0.25) is 0 Å². The van der Waals surface area contributed by atoms with Crippen molar-refractivity contribution < 1.29 is 8.83 Å². The second kappa shape index (κ2) is 11.8. The molecular formula is C36H36O2S3. The maximum Gasteiger partial charge on any atom is 0.145 e. The highest BCUT2D eigenvalue weighted by Crippen LogP contribution is 2.42. The van der Waals surface area contributed by atoms with E-state index >= 15 is 0 Å². The molecule has 0 atom stereocenters. The molecule has 0 unspecified atom stereocenters. The Labute approximate surface area is 253 Å². The van der Waals surface area contributed by atoms with Crippen LogP contribution < -0.4 is 0 Å². The van der Waals surface area contributed by atoms with Gasteiger partial charge in [0.1, 0.15) is 22.7 Å². The molecule has 5 heteroatoms. The van der Waals surface area contributed by atoms with Gasteiger partial charge in [-0.15, -0.1) is 34.0 Å². The van der Waals surface area contributed by atoms with Gasteiger partial charge in [0.15, 0.2) is 0 Å². The van der Waals surface area contributed by atoms with Gasteiger partial charge in [-0.25, -0.2) is 0 Å². The number of furan rings is 2. The second-order valence-electron chi connectivity index (χ2n) is 11.2. The maximum atomic E-state index is 6.38. The van der Waals surface area contributed by atoms with Crippen LogP contribution in [0.2, 0.25) is 0 Å². The molecule has 0 radical (unpaired) electrons. The molecule has 0 fully saturated rings. The van der Waals surface area contributed by atoms with Crippen molar-refractivity contribution in [3.05, 3.63) is 70.4 Å². The van der Waals surface area contributed by atoms with Crippen LogP contribution in [-0.2, 0) is 12.8 Å². The first kappa shape index (κ1) is 27.0. The van der Waals surface area contributed by atoms with Crippen molar-refractivity contribution in [3.8, 4) is 21.3 Å². The lowest BCUT2D eigenvalue weighted by Gasteiger charge is -1.96. The number of benzene rings is 2. The Bertz CT molecular complexity index is 1800. The van der Waals surface area contributed by atoms with Gasteiger partial charge in [0, 0.05) is 40.7 Å². The molecule has 210 valence electrons. The SMILES string of the molecule is CCCCCCc1ccc(-c2cc3cc4c(cc3o2)sc2cc3oc(-c5ccc(CCCCCC)s5)cc3cc24)s1. The van der Waals surface area contributed by atoms with Gasteiger partial charge in [-0.3, -0.25) is 0 Å². The zero-order valence-electron chi connectivity index (χ0n) is 23.9. The van der Waals surface area contributed by atoms with E-state index in [4.69, 9.17) is 8.83 Å². The lowest BCUT2D eigenvalue weighted by atomic mass is 10.1. The molecule has 0 saturated heterocycles. The molecule has 5 heterocycles. The molecule has 41 heavy (non-hydrogen) atoms. The fourth-order valence-electron chi connectivity index (χ4n) is 5.83. The molecule has 2 nitrogen and oxygen atoms in total. The third kappa shape index (κ3) is 5.52. The molecule has 0 aliphatic heterocycles. The maximum absolute atomic E-state index is 6.38. The number of hydrogen-bond acceptors (Lipinski definition) is 5. The van der Waals surface area contributed by atoms with Gasteiger partial charge in [-0.05, 0) is 86.3 Å². The van der Waals surface area contributed by atoms with Crippen molar-refractivity contribution in [1.82, 2.24) is 0 Å². The smallest absolute Gasteiger partial charge is 0.145 e. The molecule has 7 aromatic rings. The van der Waals surface area contributed by atoms with Crippen LogP contribution in [0.3, 0.4) is 0 Å². The normalized spacial score (nSPS) is 12.1. The molecule has 0 aliphatic rings. The van der Waals surface area contributed by atoms with Crippen molar-refractivity contribution in [3.63, 3.8) is 0 Å². The first-order valence-corrected chi connectivity index (χ1v) is 17.6. The Balaban J connectivity index is 1.16. The summed E-state index contributed by atoms with van der Waals surface area (Å²) in [6, 6.07) is 22.5. The molecule has 0 spiro atoms. The highest BCUT2D eigenvalue weighted by atomic mass is 32.1. The van der Waals surface area contributed by atoms with Gasteiger partial charge in [0.25, 0.3) is 0 Å². The highest BCUT2D eigenvalue weighted by molar-refractivity contribution is 7.26. The topological polar surface area (TPSA) is 26.3 Å². The van der Waals surface area contributed by atoms with E-state index in [9.17, 15) is 0 Å². The summed E-state index contributed by atoms with van der Waals surface area (Å²) < 4.78 is 15.3.